The molecule has 0 saturated heterocycles. The van der Waals surface area contributed by atoms with Gasteiger partial charge in [0.05, 0.1) is 6.04 Å². The van der Waals surface area contributed by atoms with Crippen LogP contribution in [0, 0.1) is 5.92 Å². The minimum absolute atomic E-state index is 0.297. The SMILES string of the molecule is CCNC(=O)C(=O)C(CC1CC1)NC. The number of Topliss-reactive ketones (excluding diaryl/α,β-unsaturated/α-hetero) is 1. The van der Waals surface area contributed by atoms with Crippen LogP contribution in [0.2, 0.25) is 0 Å². The third-order valence-corrected chi connectivity index (χ3v) is 2.49. The molecule has 1 amide bonds. The summed E-state index contributed by atoms with van der Waals surface area (Å²) in [6.45, 7) is 2.31. The molecule has 1 rings (SSSR count). The molecule has 0 aromatic carbocycles. The maximum atomic E-state index is 11.6. The lowest BCUT2D eigenvalue weighted by molar-refractivity contribution is -0.139. The number of carbonyl (C=O) groups is 2. The Kier molecular flexibility index (Phi) is 4.07. The number of ketones is 1. The van der Waals surface area contributed by atoms with Gasteiger partial charge in [0.25, 0.3) is 5.91 Å². The second-order valence-electron chi connectivity index (χ2n) is 3.74. The van der Waals surface area contributed by atoms with Crippen molar-refractivity contribution in [3.63, 3.8) is 0 Å². The lowest BCUT2D eigenvalue weighted by atomic mass is 10.1. The van der Waals surface area contributed by atoms with E-state index in [9.17, 15) is 9.59 Å². The van der Waals surface area contributed by atoms with Crippen molar-refractivity contribution in [2.45, 2.75) is 32.2 Å². The number of nitrogens with one attached hydrogen (secondary N) is 2. The molecule has 0 spiro atoms. The molecule has 1 aliphatic rings. The van der Waals surface area contributed by atoms with Crippen molar-refractivity contribution in [1.82, 2.24) is 10.6 Å². The van der Waals surface area contributed by atoms with Gasteiger partial charge in [-0.05, 0) is 26.3 Å². The third-order valence-electron chi connectivity index (χ3n) is 2.49. The average Bonchev–Trinajstić information content (AvgIpc) is 2.97. The van der Waals surface area contributed by atoms with Crippen LogP contribution < -0.4 is 10.6 Å². The van der Waals surface area contributed by atoms with Crippen molar-refractivity contribution in [3.8, 4) is 0 Å². The molecule has 1 fully saturated rings. The fourth-order valence-corrected chi connectivity index (χ4v) is 1.45. The first-order chi connectivity index (χ1) is 6.69. The van der Waals surface area contributed by atoms with Gasteiger partial charge in [0, 0.05) is 6.54 Å². The summed E-state index contributed by atoms with van der Waals surface area (Å²) in [6, 6.07) is -0.297. The van der Waals surface area contributed by atoms with Crippen LogP contribution in [-0.2, 0) is 9.59 Å². The van der Waals surface area contributed by atoms with Gasteiger partial charge in [-0.3, -0.25) is 9.59 Å². The van der Waals surface area contributed by atoms with Gasteiger partial charge in [-0.1, -0.05) is 12.8 Å². The molecule has 1 aliphatic carbocycles. The minimum atomic E-state index is -0.465. The highest BCUT2D eigenvalue weighted by atomic mass is 16.2. The van der Waals surface area contributed by atoms with Gasteiger partial charge in [0.2, 0.25) is 5.78 Å². The van der Waals surface area contributed by atoms with E-state index in [1.54, 1.807) is 14.0 Å². The minimum Gasteiger partial charge on any atom is -0.350 e. The van der Waals surface area contributed by atoms with Crippen molar-refractivity contribution in [3.05, 3.63) is 0 Å². The van der Waals surface area contributed by atoms with Crippen molar-refractivity contribution in [1.29, 1.82) is 0 Å². The number of likely N-dealkylation sites (N-methyl/N-ethyl adjacent to an activating group) is 2. The van der Waals surface area contributed by atoms with Crippen LogP contribution in [0.5, 0.6) is 0 Å². The van der Waals surface area contributed by atoms with Gasteiger partial charge in [-0.25, -0.2) is 0 Å². The second kappa shape index (κ2) is 5.10. The largest absolute Gasteiger partial charge is 0.350 e. The van der Waals surface area contributed by atoms with Crippen LogP contribution in [0.3, 0.4) is 0 Å². The lowest BCUT2D eigenvalue weighted by Crippen LogP contribution is -2.44. The molecular weight excluding hydrogens is 180 g/mol. The Hall–Kier alpha value is -0.900. The summed E-state index contributed by atoms with van der Waals surface area (Å²) >= 11 is 0. The summed E-state index contributed by atoms with van der Waals surface area (Å²) in [5.41, 5.74) is 0. The molecule has 0 aromatic heterocycles. The zero-order valence-electron chi connectivity index (χ0n) is 8.80. The Bertz CT molecular complexity index is 224. The van der Waals surface area contributed by atoms with Crippen molar-refractivity contribution in [2.75, 3.05) is 13.6 Å². The number of rotatable bonds is 6. The summed E-state index contributed by atoms with van der Waals surface area (Å²) < 4.78 is 0. The first kappa shape index (κ1) is 11.2. The Morgan fingerprint density at radius 2 is 2.07 bits per heavy atom. The van der Waals surface area contributed by atoms with Gasteiger partial charge < -0.3 is 10.6 Å². The molecule has 0 aromatic rings. The first-order valence-electron chi connectivity index (χ1n) is 5.18. The number of hydrogen-bond donors (Lipinski definition) is 2. The smallest absolute Gasteiger partial charge is 0.289 e. The summed E-state index contributed by atoms with van der Waals surface area (Å²) in [4.78, 5) is 22.8. The predicted octanol–water partition coefficient (Wildman–Crippen LogP) is 0.0797. The molecule has 80 valence electrons. The van der Waals surface area contributed by atoms with Gasteiger partial charge in [0.1, 0.15) is 0 Å². The van der Waals surface area contributed by atoms with Crippen molar-refractivity contribution in [2.24, 2.45) is 5.92 Å². The topological polar surface area (TPSA) is 58.2 Å². The molecule has 0 bridgehead atoms. The standard InChI is InChI=1S/C10H18N2O2/c1-3-12-10(14)9(13)8(11-2)6-7-4-5-7/h7-8,11H,3-6H2,1-2H3,(H,12,14). The van der Waals surface area contributed by atoms with E-state index in [2.05, 4.69) is 10.6 Å². The van der Waals surface area contributed by atoms with Crippen LogP contribution in [0.1, 0.15) is 26.2 Å². The number of amides is 1. The monoisotopic (exact) mass is 198 g/mol. The van der Waals surface area contributed by atoms with Crippen molar-refractivity contribution < 1.29 is 9.59 Å². The van der Waals surface area contributed by atoms with E-state index in [0.717, 1.165) is 6.42 Å². The summed E-state index contributed by atoms with van der Waals surface area (Å²) in [6.07, 6.45) is 3.19. The summed E-state index contributed by atoms with van der Waals surface area (Å²) in [5, 5.41) is 5.43. The molecule has 0 radical (unpaired) electrons. The molecule has 1 unspecified atom stereocenters. The Morgan fingerprint density at radius 3 is 2.50 bits per heavy atom. The van der Waals surface area contributed by atoms with Crippen LogP contribution in [0.4, 0.5) is 0 Å². The predicted molar refractivity (Wildman–Crippen MR) is 53.9 cm³/mol. The third kappa shape index (κ3) is 3.10. The van der Waals surface area contributed by atoms with Gasteiger partial charge in [-0.15, -0.1) is 0 Å². The zero-order chi connectivity index (χ0) is 10.6. The van der Waals surface area contributed by atoms with E-state index in [-0.39, 0.29) is 11.8 Å². The Morgan fingerprint density at radius 1 is 1.43 bits per heavy atom. The highest BCUT2D eigenvalue weighted by Crippen LogP contribution is 2.33. The fraction of sp³-hybridized carbons (Fsp3) is 0.800. The molecular formula is C10H18N2O2. The van der Waals surface area contributed by atoms with E-state index in [1.165, 1.54) is 12.8 Å². The first-order valence-corrected chi connectivity index (χ1v) is 5.18. The van der Waals surface area contributed by atoms with E-state index in [0.29, 0.717) is 12.5 Å². The maximum Gasteiger partial charge on any atom is 0.289 e. The second-order valence-corrected chi connectivity index (χ2v) is 3.74. The van der Waals surface area contributed by atoms with Crippen LogP contribution in [-0.4, -0.2) is 31.3 Å². The quantitative estimate of drug-likeness (QED) is 0.594. The molecule has 1 atom stereocenters. The van der Waals surface area contributed by atoms with Crippen LogP contribution in [0.25, 0.3) is 0 Å². The molecule has 4 heteroatoms. The number of carbonyl (C=O) groups excluding carboxylic acids is 2. The number of hydrogen-bond acceptors (Lipinski definition) is 3. The molecule has 4 nitrogen and oxygen atoms in total. The van der Waals surface area contributed by atoms with E-state index in [1.807, 2.05) is 0 Å². The summed E-state index contributed by atoms with van der Waals surface area (Å²) in [7, 11) is 1.73. The molecule has 1 saturated carbocycles. The average molecular weight is 198 g/mol. The van der Waals surface area contributed by atoms with Gasteiger partial charge >= 0.3 is 0 Å². The fourth-order valence-electron chi connectivity index (χ4n) is 1.45. The van der Waals surface area contributed by atoms with E-state index >= 15 is 0 Å². The van der Waals surface area contributed by atoms with Gasteiger partial charge in [-0.2, -0.15) is 0 Å². The van der Waals surface area contributed by atoms with Crippen LogP contribution >= 0.6 is 0 Å². The molecule has 14 heavy (non-hydrogen) atoms. The molecule has 0 heterocycles. The highest BCUT2D eigenvalue weighted by molar-refractivity contribution is 6.38. The zero-order valence-corrected chi connectivity index (χ0v) is 8.80. The maximum absolute atomic E-state index is 11.6. The molecule has 0 aliphatic heterocycles. The van der Waals surface area contributed by atoms with E-state index < -0.39 is 5.91 Å². The van der Waals surface area contributed by atoms with Crippen molar-refractivity contribution >= 4 is 11.7 Å². The Labute approximate surface area is 84.4 Å². The lowest BCUT2D eigenvalue weighted by Gasteiger charge is -2.13. The summed E-state index contributed by atoms with van der Waals surface area (Å²) in [5.74, 6) is -0.153. The van der Waals surface area contributed by atoms with E-state index in [4.69, 9.17) is 0 Å². The highest BCUT2D eigenvalue weighted by Gasteiger charge is 2.30. The van der Waals surface area contributed by atoms with Crippen LogP contribution in [0.15, 0.2) is 0 Å². The molecule has 2 N–H and O–H groups in total. The van der Waals surface area contributed by atoms with Gasteiger partial charge in [0.15, 0.2) is 0 Å². The normalized spacial score (nSPS) is 17.6. The Balaban J connectivity index is 2.40.